The molecule has 0 amide bonds. The minimum absolute atomic E-state index is 0.207. The van der Waals surface area contributed by atoms with Crippen LogP contribution in [0.15, 0.2) is 24.3 Å². The number of aliphatic hydroxyl groups is 1. The molecule has 20 heavy (non-hydrogen) atoms. The second kappa shape index (κ2) is 7.62. The molecule has 0 spiro atoms. The molecule has 1 rings (SSSR count). The number of aliphatic hydroxyl groups excluding tert-OH is 1. The highest BCUT2D eigenvalue weighted by Gasteiger charge is 2.26. The molecule has 0 bridgehead atoms. The van der Waals surface area contributed by atoms with Crippen LogP contribution in [0.4, 0.5) is 0 Å². The van der Waals surface area contributed by atoms with Crippen molar-refractivity contribution in [2.75, 3.05) is 13.7 Å². The number of benzene rings is 1. The molecule has 0 aliphatic rings. The van der Waals surface area contributed by atoms with Crippen LogP contribution in [0.25, 0.3) is 0 Å². The maximum Gasteiger partial charge on any atom is 0.122 e. The summed E-state index contributed by atoms with van der Waals surface area (Å²) in [4.78, 5) is 0. The molecule has 1 aromatic carbocycles. The van der Waals surface area contributed by atoms with Crippen LogP contribution in [-0.2, 0) is 6.42 Å². The van der Waals surface area contributed by atoms with E-state index < -0.39 is 0 Å². The maximum atomic E-state index is 9.47. The summed E-state index contributed by atoms with van der Waals surface area (Å²) in [6.45, 7) is 6.51. The molecule has 1 aromatic rings. The van der Waals surface area contributed by atoms with Crippen molar-refractivity contribution < 1.29 is 9.84 Å². The minimum atomic E-state index is -0.314. The molecule has 4 nitrogen and oxygen atoms in total. The van der Waals surface area contributed by atoms with Crippen molar-refractivity contribution in [1.29, 1.82) is 0 Å². The van der Waals surface area contributed by atoms with Crippen molar-refractivity contribution in [1.82, 2.24) is 5.32 Å². The van der Waals surface area contributed by atoms with Crippen LogP contribution in [0.2, 0.25) is 0 Å². The first-order chi connectivity index (χ1) is 9.40. The third kappa shape index (κ3) is 5.12. The summed E-state index contributed by atoms with van der Waals surface area (Å²) in [6, 6.07) is 8.21. The summed E-state index contributed by atoms with van der Waals surface area (Å²) < 4.78 is 5.40. The van der Waals surface area contributed by atoms with Gasteiger partial charge < -0.3 is 20.9 Å². The molecule has 0 heterocycles. The third-order valence-electron chi connectivity index (χ3n) is 3.51. The van der Waals surface area contributed by atoms with Gasteiger partial charge in [-0.3, -0.25) is 0 Å². The molecule has 4 heteroatoms. The lowest BCUT2D eigenvalue weighted by Gasteiger charge is -2.34. The lowest BCUT2D eigenvalue weighted by atomic mass is 9.91. The maximum absolute atomic E-state index is 9.47. The van der Waals surface area contributed by atoms with Gasteiger partial charge in [0.05, 0.1) is 13.2 Å². The number of methoxy groups -OCH3 is 1. The van der Waals surface area contributed by atoms with E-state index in [9.17, 15) is 5.11 Å². The van der Waals surface area contributed by atoms with Crippen molar-refractivity contribution >= 4 is 0 Å². The van der Waals surface area contributed by atoms with Crippen molar-refractivity contribution in [3.8, 4) is 5.75 Å². The number of hydrogen-bond acceptors (Lipinski definition) is 4. The van der Waals surface area contributed by atoms with Crippen LogP contribution in [-0.4, -0.2) is 36.4 Å². The summed E-state index contributed by atoms with van der Waals surface area (Å²) in [5.41, 5.74) is 6.88. The van der Waals surface area contributed by atoms with Gasteiger partial charge in [-0.15, -0.1) is 0 Å². The first-order valence-electron chi connectivity index (χ1n) is 7.18. The summed E-state index contributed by atoms with van der Waals surface area (Å²) in [6.07, 6.45) is 1.19. The molecule has 3 unspecified atom stereocenters. The SMILES string of the molecule is COc1ccccc1CC(C)(CN)NC(C)CC(C)O. The fraction of sp³-hybridized carbons (Fsp3) is 0.625. The van der Waals surface area contributed by atoms with E-state index in [-0.39, 0.29) is 17.7 Å². The van der Waals surface area contributed by atoms with Crippen LogP contribution in [0, 0.1) is 0 Å². The molecule has 0 radical (unpaired) electrons. The molecule has 0 saturated heterocycles. The highest BCUT2D eigenvalue weighted by atomic mass is 16.5. The topological polar surface area (TPSA) is 67.5 Å². The predicted octanol–water partition coefficient (Wildman–Crippen LogP) is 1.70. The van der Waals surface area contributed by atoms with E-state index >= 15 is 0 Å². The number of para-hydroxylation sites is 1. The third-order valence-corrected chi connectivity index (χ3v) is 3.51. The Kier molecular flexibility index (Phi) is 6.46. The van der Waals surface area contributed by atoms with Gasteiger partial charge in [0.1, 0.15) is 5.75 Å². The van der Waals surface area contributed by atoms with Gasteiger partial charge >= 0.3 is 0 Å². The van der Waals surface area contributed by atoms with Gasteiger partial charge in [-0.2, -0.15) is 0 Å². The van der Waals surface area contributed by atoms with E-state index in [0.29, 0.717) is 13.0 Å². The zero-order valence-electron chi connectivity index (χ0n) is 13.0. The zero-order chi connectivity index (χ0) is 15.2. The van der Waals surface area contributed by atoms with Crippen molar-refractivity contribution in [2.24, 2.45) is 5.73 Å². The van der Waals surface area contributed by atoms with Gasteiger partial charge in [0.25, 0.3) is 0 Å². The van der Waals surface area contributed by atoms with Crippen molar-refractivity contribution in [3.05, 3.63) is 29.8 Å². The van der Waals surface area contributed by atoms with Gasteiger partial charge in [-0.25, -0.2) is 0 Å². The van der Waals surface area contributed by atoms with Crippen LogP contribution in [0.1, 0.15) is 32.8 Å². The van der Waals surface area contributed by atoms with Gasteiger partial charge in [0, 0.05) is 18.1 Å². The highest BCUT2D eigenvalue weighted by Crippen LogP contribution is 2.23. The fourth-order valence-corrected chi connectivity index (χ4v) is 2.62. The molecule has 4 N–H and O–H groups in total. The van der Waals surface area contributed by atoms with Gasteiger partial charge in [-0.05, 0) is 45.2 Å². The fourth-order valence-electron chi connectivity index (χ4n) is 2.62. The number of rotatable bonds is 8. The molecule has 0 fully saturated rings. The average molecular weight is 280 g/mol. The van der Waals surface area contributed by atoms with E-state index in [2.05, 4.69) is 25.2 Å². The zero-order valence-corrected chi connectivity index (χ0v) is 13.0. The Labute approximate surface area is 122 Å². The molecule has 0 aliphatic heterocycles. The van der Waals surface area contributed by atoms with Crippen LogP contribution in [0.5, 0.6) is 5.75 Å². The normalized spacial score (nSPS) is 17.3. The van der Waals surface area contributed by atoms with Crippen molar-refractivity contribution in [2.45, 2.75) is 51.3 Å². The van der Waals surface area contributed by atoms with Gasteiger partial charge in [0.15, 0.2) is 0 Å². The molecular weight excluding hydrogens is 252 g/mol. The summed E-state index contributed by atoms with van der Waals surface area (Å²) in [7, 11) is 1.68. The van der Waals surface area contributed by atoms with E-state index in [1.165, 1.54) is 0 Å². The monoisotopic (exact) mass is 280 g/mol. The Morgan fingerprint density at radius 2 is 2.00 bits per heavy atom. The largest absolute Gasteiger partial charge is 0.496 e. The first kappa shape index (κ1) is 17.0. The second-order valence-corrected chi connectivity index (χ2v) is 5.88. The van der Waals surface area contributed by atoms with Gasteiger partial charge in [-0.1, -0.05) is 18.2 Å². The molecule has 114 valence electrons. The molecule has 3 atom stereocenters. The minimum Gasteiger partial charge on any atom is -0.496 e. The van der Waals surface area contributed by atoms with E-state index in [1.807, 2.05) is 18.2 Å². The second-order valence-electron chi connectivity index (χ2n) is 5.88. The quantitative estimate of drug-likeness (QED) is 0.678. The number of nitrogens with two attached hydrogens (primary N) is 1. The standard InChI is InChI=1S/C16H28N2O2/c1-12(9-13(2)19)18-16(3,11-17)10-14-7-5-6-8-15(14)20-4/h5-8,12-13,18-19H,9-11,17H2,1-4H3. The van der Waals surface area contributed by atoms with E-state index in [1.54, 1.807) is 14.0 Å². The van der Waals surface area contributed by atoms with E-state index in [4.69, 9.17) is 10.5 Å². The predicted molar refractivity (Wildman–Crippen MR) is 83.1 cm³/mol. The Balaban J connectivity index is 2.78. The Morgan fingerprint density at radius 3 is 2.55 bits per heavy atom. The van der Waals surface area contributed by atoms with Crippen molar-refractivity contribution in [3.63, 3.8) is 0 Å². The molecule has 0 aliphatic carbocycles. The number of hydrogen-bond donors (Lipinski definition) is 3. The highest BCUT2D eigenvalue weighted by molar-refractivity contribution is 5.34. The summed E-state index contributed by atoms with van der Waals surface area (Å²) in [5, 5.41) is 13.0. The molecular formula is C16H28N2O2. The van der Waals surface area contributed by atoms with Crippen LogP contribution >= 0.6 is 0 Å². The smallest absolute Gasteiger partial charge is 0.122 e. The van der Waals surface area contributed by atoms with Crippen LogP contribution in [0.3, 0.4) is 0 Å². The molecule has 0 saturated carbocycles. The van der Waals surface area contributed by atoms with E-state index in [0.717, 1.165) is 17.7 Å². The Hall–Kier alpha value is -1.10. The lowest BCUT2D eigenvalue weighted by molar-refractivity contribution is 0.161. The molecule has 0 aromatic heterocycles. The van der Waals surface area contributed by atoms with Crippen LogP contribution < -0.4 is 15.8 Å². The first-order valence-corrected chi connectivity index (χ1v) is 7.18. The number of nitrogens with one attached hydrogen (secondary N) is 1. The Bertz CT molecular complexity index is 409. The Morgan fingerprint density at radius 1 is 1.35 bits per heavy atom. The lowest BCUT2D eigenvalue weighted by Crippen LogP contribution is -2.54. The number of ether oxygens (including phenoxy) is 1. The summed E-state index contributed by atoms with van der Waals surface area (Å²) in [5.74, 6) is 0.886. The summed E-state index contributed by atoms with van der Waals surface area (Å²) >= 11 is 0. The average Bonchev–Trinajstić information content (AvgIpc) is 2.38. The van der Waals surface area contributed by atoms with Gasteiger partial charge in [0.2, 0.25) is 0 Å².